The van der Waals surface area contributed by atoms with Crippen molar-refractivity contribution < 1.29 is 24.6 Å². The molecule has 0 radical (unpaired) electrons. The lowest BCUT2D eigenvalue weighted by atomic mass is 9.87. The Hall–Kier alpha value is -2.37. The number of nitrogens with one attached hydrogen (secondary N) is 1. The summed E-state index contributed by atoms with van der Waals surface area (Å²) >= 11 is 0. The molecule has 1 rings (SSSR count). The Balaban J connectivity index is 2.60. The number of carboxylic acid groups (broad SMARTS) is 2. The van der Waals surface area contributed by atoms with Crippen molar-refractivity contribution in [1.29, 1.82) is 0 Å². The monoisotopic (exact) mass is 319 g/mol. The molecule has 0 saturated heterocycles. The predicted molar refractivity (Wildman–Crippen MR) is 81.2 cm³/mol. The minimum Gasteiger partial charge on any atom is -0.550 e. The summed E-state index contributed by atoms with van der Waals surface area (Å²) in [5.74, 6) is -3.72. The molecule has 0 aliphatic carbocycles. The number of hydrogen-bond donors (Lipinski definition) is 1. The predicted octanol–water partition coefficient (Wildman–Crippen LogP) is 0.571. The van der Waals surface area contributed by atoms with E-state index in [0.29, 0.717) is 12.1 Å². The van der Waals surface area contributed by atoms with Crippen molar-refractivity contribution in [2.45, 2.75) is 39.5 Å². The first-order valence-corrected chi connectivity index (χ1v) is 7.67. The lowest BCUT2D eigenvalue weighted by Crippen LogP contribution is -2.36. The number of amides is 1. The second-order valence-electron chi connectivity index (χ2n) is 5.66. The smallest absolute Gasteiger partial charge is 0.224 e. The first-order valence-electron chi connectivity index (χ1n) is 7.67. The van der Waals surface area contributed by atoms with Gasteiger partial charge in [-0.15, -0.1) is 0 Å². The number of hydrogen-bond acceptors (Lipinski definition) is 5. The van der Waals surface area contributed by atoms with Crippen LogP contribution in [0.15, 0.2) is 24.3 Å². The third-order valence-electron chi connectivity index (χ3n) is 3.77. The molecule has 6 heteroatoms. The molecule has 2 atom stereocenters. The second-order valence-corrected chi connectivity index (χ2v) is 5.66. The van der Waals surface area contributed by atoms with Crippen molar-refractivity contribution >= 4 is 23.5 Å². The maximum atomic E-state index is 12.0. The van der Waals surface area contributed by atoms with Gasteiger partial charge in [0, 0.05) is 24.0 Å². The zero-order valence-electron chi connectivity index (χ0n) is 13.3. The Morgan fingerprint density at radius 1 is 1.13 bits per heavy atom. The fraction of sp³-hybridized carbons (Fsp3) is 0.471. The Morgan fingerprint density at radius 2 is 1.74 bits per heavy atom. The largest absolute Gasteiger partial charge is 0.550 e. The highest BCUT2D eigenvalue weighted by atomic mass is 16.4. The molecule has 23 heavy (non-hydrogen) atoms. The summed E-state index contributed by atoms with van der Waals surface area (Å²) in [6, 6.07) is 5.58. The van der Waals surface area contributed by atoms with Gasteiger partial charge < -0.3 is 25.1 Å². The summed E-state index contributed by atoms with van der Waals surface area (Å²) in [5, 5.41) is 24.5. The molecule has 0 aliphatic rings. The maximum Gasteiger partial charge on any atom is 0.224 e. The van der Waals surface area contributed by atoms with Crippen molar-refractivity contribution in [3.63, 3.8) is 0 Å². The van der Waals surface area contributed by atoms with Crippen LogP contribution in [0, 0.1) is 11.8 Å². The molecule has 0 aromatic heterocycles. The molecular weight excluding hydrogens is 298 g/mol. The van der Waals surface area contributed by atoms with Gasteiger partial charge in [0.25, 0.3) is 0 Å². The highest BCUT2D eigenvalue weighted by Gasteiger charge is 2.21. The van der Waals surface area contributed by atoms with Crippen LogP contribution in [-0.4, -0.2) is 17.8 Å². The van der Waals surface area contributed by atoms with E-state index in [2.05, 4.69) is 5.32 Å². The number of aliphatic carboxylic acids is 1. The average Bonchev–Trinajstić information content (AvgIpc) is 2.47. The van der Waals surface area contributed by atoms with Gasteiger partial charge in [-0.05, 0) is 30.0 Å². The van der Waals surface area contributed by atoms with Crippen molar-refractivity contribution in [2.75, 3.05) is 5.32 Å². The van der Waals surface area contributed by atoms with Crippen LogP contribution >= 0.6 is 0 Å². The number of carbonyl (C=O) groups excluding carboxylic acids is 3. The van der Waals surface area contributed by atoms with E-state index < -0.39 is 17.9 Å². The minimum atomic E-state index is -1.29. The molecule has 0 saturated carbocycles. The molecule has 0 aliphatic heterocycles. The molecule has 0 fully saturated rings. The van der Waals surface area contributed by atoms with Crippen molar-refractivity contribution in [1.82, 2.24) is 0 Å². The zero-order valence-corrected chi connectivity index (χ0v) is 13.3. The van der Waals surface area contributed by atoms with Crippen LogP contribution in [0.2, 0.25) is 0 Å². The SMILES string of the molecule is CCCC[C@H](C(=O)[O-])[C@@H](C)CC(=O)Nc1ccc(C(=O)[O-])cc1. The summed E-state index contributed by atoms with van der Waals surface area (Å²) in [6.45, 7) is 3.69. The summed E-state index contributed by atoms with van der Waals surface area (Å²) < 4.78 is 0. The molecule has 0 heterocycles. The molecule has 1 aromatic rings. The lowest BCUT2D eigenvalue weighted by Gasteiger charge is -2.24. The number of unbranched alkanes of at least 4 members (excludes halogenated alkanes) is 1. The molecule has 0 spiro atoms. The fourth-order valence-electron chi connectivity index (χ4n) is 2.40. The van der Waals surface area contributed by atoms with Crippen molar-refractivity contribution in [3.8, 4) is 0 Å². The van der Waals surface area contributed by atoms with Gasteiger partial charge in [-0.25, -0.2) is 0 Å². The number of aromatic carboxylic acids is 1. The third-order valence-corrected chi connectivity index (χ3v) is 3.77. The molecule has 1 amide bonds. The molecule has 1 N–H and O–H groups in total. The van der Waals surface area contributed by atoms with Gasteiger partial charge in [0.15, 0.2) is 0 Å². The van der Waals surface area contributed by atoms with Crippen molar-refractivity contribution in [3.05, 3.63) is 29.8 Å². The third kappa shape index (κ3) is 6.10. The Bertz CT molecular complexity index is 553. The highest BCUT2D eigenvalue weighted by molar-refractivity contribution is 5.92. The van der Waals surface area contributed by atoms with Crippen LogP contribution in [0.3, 0.4) is 0 Å². The van der Waals surface area contributed by atoms with Gasteiger partial charge in [-0.1, -0.05) is 38.8 Å². The molecular formula is C17H21NO5-2. The van der Waals surface area contributed by atoms with E-state index in [1.54, 1.807) is 6.92 Å². The van der Waals surface area contributed by atoms with Crippen LogP contribution in [0.25, 0.3) is 0 Å². The lowest BCUT2D eigenvalue weighted by molar-refractivity contribution is -0.313. The Labute approximate surface area is 135 Å². The molecule has 126 valence electrons. The van der Waals surface area contributed by atoms with E-state index in [1.807, 2.05) is 6.92 Å². The van der Waals surface area contributed by atoms with Crippen LogP contribution in [0.1, 0.15) is 49.9 Å². The first kappa shape index (κ1) is 18.7. The van der Waals surface area contributed by atoms with E-state index in [-0.39, 0.29) is 23.8 Å². The Kier molecular flexibility index (Phi) is 7.25. The summed E-state index contributed by atoms with van der Waals surface area (Å²) in [5.41, 5.74) is 0.471. The van der Waals surface area contributed by atoms with Crippen LogP contribution in [0.4, 0.5) is 5.69 Å². The number of anilines is 1. The summed E-state index contributed by atoms with van der Waals surface area (Å²) in [7, 11) is 0. The molecule has 0 unspecified atom stereocenters. The number of carboxylic acids is 2. The summed E-state index contributed by atoms with van der Waals surface area (Å²) in [4.78, 5) is 33.8. The standard InChI is InChI=1S/C17H23NO5/c1-3-4-5-14(17(22)23)11(2)10-15(19)18-13-8-6-12(7-9-13)16(20)21/h6-9,11,14H,3-5,10H2,1-2H3,(H,18,19)(H,20,21)(H,22,23)/p-2/t11-,14-/m0/s1. The van der Waals surface area contributed by atoms with Gasteiger partial charge in [0.2, 0.25) is 5.91 Å². The van der Waals surface area contributed by atoms with E-state index >= 15 is 0 Å². The van der Waals surface area contributed by atoms with E-state index in [9.17, 15) is 24.6 Å². The number of rotatable bonds is 9. The highest BCUT2D eigenvalue weighted by Crippen LogP contribution is 2.22. The number of carbonyl (C=O) groups is 3. The Morgan fingerprint density at radius 3 is 2.22 bits per heavy atom. The first-order chi connectivity index (χ1) is 10.8. The van der Waals surface area contributed by atoms with Crippen LogP contribution in [0.5, 0.6) is 0 Å². The van der Waals surface area contributed by atoms with E-state index in [4.69, 9.17) is 0 Å². The van der Waals surface area contributed by atoms with Gasteiger partial charge in [0.1, 0.15) is 0 Å². The van der Waals surface area contributed by atoms with Gasteiger partial charge in [-0.2, -0.15) is 0 Å². The normalized spacial score (nSPS) is 13.1. The maximum absolute atomic E-state index is 12.0. The molecule has 0 bridgehead atoms. The van der Waals surface area contributed by atoms with E-state index in [1.165, 1.54) is 24.3 Å². The summed E-state index contributed by atoms with van der Waals surface area (Å²) in [6.07, 6.45) is 2.21. The minimum absolute atomic E-state index is 0.0212. The van der Waals surface area contributed by atoms with E-state index in [0.717, 1.165) is 12.8 Å². The molecule has 1 aromatic carbocycles. The van der Waals surface area contributed by atoms with Crippen molar-refractivity contribution in [2.24, 2.45) is 11.8 Å². The topological polar surface area (TPSA) is 109 Å². The number of benzene rings is 1. The quantitative estimate of drug-likeness (QED) is 0.715. The average molecular weight is 319 g/mol. The van der Waals surface area contributed by atoms with Gasteiger partial charge in [-0.3, -0.25) is 4.79 Å². The second kappa shape index (κ2) is 8.92. The van der Waals surface area contributed by atoms with Crippen LogP contribution < -0.4 is 15.5 Å². The van der Waals surface area contributed by atoms with Gasteiger partial charge >= 0.3 is 0 Å². The fourth-order valence-corrected chi connectivity index (χ4v) is 2.40. The van der Waals surface area contributed by atoms with Crippen LogP contribution in [-0.2, 0) is 9.59 Å². The zero-order chi connectivity index (χ0) is 17.4. The van der Waals surface area contributed by atoms with Gasteiger partial charge in [0.05, 0.1) is 5.97 Å². The molecule has 6 nitrogen and oxygen atoms in total.